The van der Waals surface area contributed by atoms with Crippen molar-refractivity contribution in [3.8, 4) is 0 Å². The number of amides is 1. The molecule has 2 rings (SSSR count). The van der Waals surface area contributed by atoms with Gasteiger partial charge in [0.2, 0.25) is 0 Å². The average Bonchev–Trinajstić information content (AvgIpc) is 2.60. The number of benzene rings is 2. The molecule has 1 N–H and O–H groups in total. The van der Waals surface area contributed by atoms with Crippen LogP contribution in [0.3, 0.4) is 0 Å². The van der Waals surface area contributed by atoms with Gasteiger partial charge < -0.3 is 14.8 Å². The minimum Gasteiger partial charge on any atom is -0.459 e. The molecule has 2 aromatic carbocycles. The standard InChI is InChI=1S/C19H18ClNO5/c1-12(2)26-19(24)14-5-9-16(10-6-14)21-17(22)11-25-18(23)13-3-7-15(20)8-4-13/h3-10,12H,11H2,1-2H3,(H,21,22). The molecule has 1 amide bonds. The largest absolute Gasteiger partial charge is 0.459 e. The summed E-state index contributed by atoms with van der Waals surface area (Å²) in [5.41, 5.74) is 1.15. The third-order valence-electron chi connectivity index (χ3n) is 3.16. The van der Waals surface area contributed by atoms with Gasteiger partial charge in [-0.15, -0.1) is 0 Å². The molecule has 0 aliphatic heterocycles. The first-order valence-electron chi connectivity index (χ1n) is 7.88. The first kappa shape index (κ1) is 19.5. The first-order valence-corrected chi connectivity index (χ1v) is 8.26. The second-order valence-electron chi connectivity index (χ2n) is 5.66. The normalized spacial score (nSPS) is 10.3. The fourth-order valence-electron chi connectivity index (χ4n) is 1.97. The summed E-state index contributed by atoms with van der Waals surface area (Å²) in [5.74, 6) is -1.55. The van der Waals surface area contributed by atoms with Crippen LogP contribution in [0.1, 0.15) is 34.6 Å². The number of hydrogen-bond donors (Lipinski definition) is 1. The summed E-state index contributed by atoms with van der Waals surface area (Å²) in [6.07, 6.45) is -0.211. The number of ether oxygens (including phenoxy) is 2. The van der Waals surface area contributed by atoms with Gasteiger partial charge in [-0.2, -0.15) is 0 Å². The highest BCUT2D eigenvalue weighted by Crippen LogP contribution is 2.12. The minimum atomic E-state index is -0.622. The van der Waals surface area contributed by atoms with E-state index in [-0.39, 0.29) is 6.10 Å². The van der Waals surface area contributed by atoms with E-state index >= 15 is 0 Å². The van der Waals surface area contributed by atoms with Gasteiger partial charge in [0.1, 0.15) is 0 Å². The summed E-state index contributed by atoms with van der Waals surface area (Å²) >= 11 is 5.74. The zero-order chi connectivity index (χ0) is 19.1. The molecule has 136 valence electrons. The Morgan fingerprint density at radius 1 is 0.923 bits per heavy atom. The Morgan fingerprint density at radius 3 is 2.04 bits per heavy atom. The van der Waals surface area contributed by atoms with Crippen molar-refractivity contribution in [2.45, 2.75) is 20.0 Å². The molecular formula is C19H18ClNO5. The molecular weight excluding hydrogens is 358 g/mol. The van der Waals surface area contributed by atoms with E-state index in [1.54, 1.807) is 50.2 Å². The van der Waals surface area contributed by atoms with Crippen molar-refractivity contribution < 1.29 is 23.9 Å². The van der Waals surface area contributed by atoms with Crippen molar-refractivity contribution >= 4 is 35.1 Å². The Bertz CT molecular complexity index is 785. The highest BCUT2D eigenvalue weighted by atomic mass is 35.5. The fourth-order valence-corrected chi connectivity index (χ4v) is 2.10. The molecule has 2 aromatic rings. The van der Waals surface area contributed by atoms with Gasteiger partial charge in [-0.25, -0.2) is 9.59 Å². The van der Waals surface area contributed by atoms with E-state index in [0.717, 1.165) is 0 Å². The second kappa shape index (κ2) is 9.01. The molecule has 0 heterocycles. The monoisotopic (exact) mass is 375 g/mol. The SMILES string of the molecule is CC(C)OC(=O)c1ccc(NC(=O)COC(=O)c2ccc(Cl)cc2)cc1. The van der Waals surface area contributed by atoms with Crippen molar-refractivity contribution in [3.63, 3.8) is 0 Å². The Kier molecular flexibility index (Phi) is 6.74. The van der Waals surface area contributed by atoms with E-state index in [1.165, 1.54) is 12.1 Å². The molecule has 7 heteroatoms. The smallest absolute Gasteiger partial charge is 0.338 e. The third-order valence-corrected chi connectivity index (χ3v) is 3.41. The van der Waals surface area contributed by atoms with E-state index < -0.39 is 24.5 Å². The van der Waals surface area contributed by atoms with E-state index in [0.29, 0.717) is 21.8 Å². The molecule has 0 saturated carbocycles. The number of hydrogen-bond acceptors (Lipinski definition) is 5. The molecule has 0 unspecified atom stereocenters. The molecule has 0 aromatic heterocycles. The predicted octanol–water partition coefficient (Wildman–Crippen LogP) is 3.70. The number of nitrogens with one attached hydrogen (secondary N) is 1. The van der Waals surface area contributed by atoms with E-state index in [2.05, 4.69) is 5.32 Å². The summed E-state index contributed by atoms with van der Waals surface area (Å²) in [4.78, 5) is 35.4. The molecule has 0 bridgehead atoms. The van der Waals surface area contributed by atoms with Gasteiger partial charge in [-0.3, -0.25) is 4.79 Å². The van der Waals surface area contributed by atoms with Crippen LogP contribution in [0, 0.1) is 0 Å². The minimum absolute atomic E-state index is 0.211. The van der Waals surface area contributed by atoms with Gasteiger partial charge in [0.25, 0.3) is 5.91 Å². The first-order chi connectivity index (χ1) is 12.3. The fraction of sp³-hybridized carbons (Fsp3) is 0.211. The summed E-state index contributed by atoms with van der Waals surface area (Å²) in [7, 11) is 0. The number of carbonyl (C=O) groups excluding carboxylic acids is 3. The van der Waals surface area contributed by atoms with Crippen molar-refractivity contribution in [3.05, 3.63) is 64.7 Å². The van der Waals surface area contributed by atoms with Gasteiger partial charge >= 0.3 is 11.9 Å². The van der Waals surface area contributed by atoms with E-state index in [1.807, 2.05) is 0 Å². The lowest BCUT2D eigenvalue weighted by molar-refractivity contribution is -0.119. The van der Waals surface area contributed by atoms with Crippen LogP contribution in [-0.4, -0.2) is 30.6 Å². The third kappa shape index (κ3) is 5.89. The van der Waals surface area contributed by atoms with Gasteiger partial charge in [-0.05, 0) is 62.4 Å². The summed E-state index contributed by atoms with van der Waals surface area (Å²) in [6.45, 7) is 3.09. The predicted molar refractivity (Wildman–Crippen MR) is 97.4 cm³/mol. The number of anilines is 1. The molecule has 0 radical (unpaired) electrons. The highest BCUT2D eigenvalue weighted by Gasteiger charge is 2.12. The highest BCUT2D eigenvalue weighted by molar-refractivity contribution is 6.30. The average molecular weight is 376 g/mol. The van der Waals surface area contributed by atoms with Crippen molar-refractivity contribution in [1.29, 1.82) is 0 Å². The maximum Gasteiger partial charge on any atom is 0.338 e. The zero-order valence-corrected chi connectivity index (χ0v) is 15.1. The summed E-state index contributed by atoms with van der Waals surface area (Å²) in [5, 5.41) is 3.08. The summed E-state index contributed by atoms with van der Waals surface area (Å²) < 4.78 is 10.0. The maximum absolute atomic E-state index is 11.9. The Morgan fingerprint density at radius 2 is 1.46 bits per heavy atom. The van der Waals surface area contributed by atoms with E-state index in [4.69, 9.17) is 21.1 Å². The maximum atomic E-state index is 11.9. The zero-order valence-electron chi connectivity index (χ0n) is 14.3. The molecule has 0 atom stereocenters. The van der Waals surface area contributed by atoms with Crippen LogP contribution >= 0.6 is 11.6 Å². The van der Waals surface area contributed by atoms with Gasteiger partial charge in [0.05, 0.1) is 17.2 Å². The van der Waals surface area contributed by atoms with Gasteiger partial charge in [0.15, 0.2) is 6.61 Å². The number of esters is 2. The molecule has 26 heavy (non-hydrogen) atoms. The molecule has 0 saturated heterocycles. The van der Waals surface area contributed by atoms with Crippen LogP contribution in [-0.2, 0) is 14.3 Å². The number of halogens is 1. The molecule has 0 aliphatic carbocycles. The van der Waals surface area contributed by atoms with Gasteiger partial charge in [0, 0.05) is 10.7 Å². The quantitative estimate of drug-likeness (QED) is 0.778. The van der Waals surface area contributed by atoms with Crippen LogP contribution < -0.4 is 5.32 Å². The van der Waals surface area contributed by atoms with Gasteiger partial charge in [-0.1, -0.05) is 11.6 Å². The molecule has 0 aliphatic rings. The summed E-state index contributed by atoms with van der Waals surface area (Å²) in [6, 6.07) is 12.4. The van der Waals surface area contributed by atoms with Crippen LogP contribution in [0.5, 0.6) is 0 Å². The molecule has 6 nitrogen and oxygen atoms in total. The molecule has 0 spiro atoms. The topological polar surface area (TPSA) is 81.7 Å². The molecule has 0 fully saturated rings. The van der Waals surface area contributed by atoms with Crippen molar-refractivity contribution in [2.75, 3.05) is 11.9 Å². The lowest BCUT2D eigenvalue weighted by atomic mass is 10.2. The van der Waals surface area contributed by atoms with Crippen molar-refractivity contribution in [2.24, 2.45) is 0 Å². The van der Waals surface area contributed by atoms with Crippen molar-refractivity contribution in [1.82, 2.24) is 0 Å². The lowest BCUT2D eigenvalue weighted by Crippen LogP contribution is -2.21. The van der Waals surface area contributed by atoms with E-state index in [9.17, 15) is 14.4 Å². The second-order valence-corrected chi connectivity index (χ2v) is 6.10. The number of rotatable bonds is 6. The Balaban J connectivity index is 1.84. The number of carbonyl (C=O) groups is 3. The van der Waals surface area contributed by atoms with Crippen LogP contribution in [0.15, 0.2) is 48.5 Å². The van der Waals surface area contributed by atoms with Crippen LogP contribution in [0.2, 0.25) is 5.02 Å². The van der Waals surface area contributed by atoms with Crippen LogP contribution in [0.25, 0.3) is 0 Å². The Hall–Kier alpha value is -2.86. The lowest BCUT2D eigenvalue weighted by Gasteiger charge is -2.09. The van der Waals surface area contributed by atoms with Crippen LogP contribution in [0.4, 0.5) is 5.69 Å². The Labute approximate surface area is 156 Å².